The summed E-state index contributed by atoms with van der Waals surface area (Å²) in [6.45, 7) is 6.13. The number of benzene rings is 2. The van der Waals surface area contributed by atoms with Crippen LogP contribution in [-0.4, -0.2) is 239 Å². The Hall–Kier alpha value is -12.2. The van der Waals surface area contributed by atoms with Crippen LogP contribution in [0.15, 0.2) is 97.6 Å². The summed E-state index contributed by atoms with van der Waals surface area (Å²) in [7, 11) is 7.12. The molecule has 6 aromatic heterocycles. The van der Waals surface area contributed by atoms with Crippen LogP contribution in [0.2, 0.25) is 0 Å². The van der Waals surface area contributed by atoms with E-state index in [1.807, 2.05) is 42.9 Å². The van der Waals surface area contributed by atoms with Crippen molar-refractivity contribution >= 4 is 110 Å². The van der Waals surface area contributed by atoms with Crippen molar-refractivity contribution in [3.63, 3.8) is 0 Å². The SMILES string of the molecule is CN(C)C(=O)c1cc2cnc(Cc3ccc(N4CCN(C(=O)CNc5cccc6c5C(=O)N(C5CCC(=O)NC5=O)C6=O)CC4)cn3)nc2n1C1CCCC1.CN(C)C(=O)c1cc2cnc(Cc3ccc(N4CCNCC4)cn3)nc2n1C1CCCC1.O=C(O)CCc1cccc2c1C(=O)N(C1CCC(=O)NC1=O)C2=O. The van der Waals surface area contributed by atoms with Crippen LogP contribution in [0.25, 0.3) is 22.1 Å². The maximum atomic E-state index is 13.4. The highest BCUT2D eigenvalue weighted by atomic mass is 16.4. The third kappa shape index (κ3) is 15.9. The zero-order valence-electron chi connectivity index (χ0n) is 62.3. The van der Waals surface area contributed by atoms with E-state index in [-0.39, 0.29) is 91.1 Å². The Morgan fingerprint density at radius 1 is 0.532 bits per heavy atom. The Balaban J connectivity index is 0.000000154. The first kappa shape index (κ1) is 75.6. The number of imide groups is 4. The van der Waals surface area contributed by atoms with Gasteiger partial charge >= 0.3 is 5.97 Å². The Morgan fingerprint density at radius 3 is 1.46 bits per heavy atom. The number of amides is 11. The Kier molecular flexibility index (Phi) is 22.2. The van der Waals surface area contributed by atoms with Crippen molar-refractivity contribution in [2.45, 2.75) is 127 Å². The van der Waals surface area contributed by atoms with Gasteiger partial charge in [0.15, 0.2) is 0 Å². The summed E-state index contributed by atoms with van der Waals surface area (Å²) in [6.07, 6.45) is 17.5. The van der Waals surface area contributed by atoms with Gasteiger partial charge in [0.1, 0.15) is 46.4 Å². The smallest absolute Gasteiger partial charge is 0.303 e. The standard InChI is InChI=1S/C39H42N10O6.C24H31N7O.C16H14N2O6/c1-45(2)38(54)30-18-23-20-42-31(43-35(23)48(30)25-6-3-4-7-25)19-24-10-11-26(21-40-24)46-14-16-47(17-15-46)33(51)22-41-28-9-5-8-27-34(28)39(55)49(37(27)53)29-12-13-32(50)44-36(29)52;1-29(2)24(32)21-13-17-15-27-22(28-23(17)31(21)19-5-3-4-6-19)14-18-7-8-20(16-26-18)30-11-9-25-10-12-30;19-11-6-5-10(14(22)17-11)18-15(23)9-3-1-2-8(4-7-12(20)21)13(9)16(18)24/h5,8-11,18,20-21,25,29,41H,3-4,6-7,12-17,19,22H2,1-2H3,(H,44,50,52);7-8,13,15-16,19,25H,3-6,9-12,14H2,1-2H3;1-3,10H,4-7H2,(H,20,21)(H,17,19,22). The van der Waals surface area contributed by atoms with Crippen molar-refractivity contribution in [2.75, 3.05) is 102 Å². The molecule has 0 radical (unpaired) electrons. The summed E-state index contributed by atoms with van der Waals surface area (Å²) < 4.78 is 4.28. The molecule has 32 nitrogen and oxygen atoms in total. The van der Waals surface area contributed by atoms with E-state index in [0.717, 1.165) is 125 Å². The minimum atomic E-state index is -1.07. The number of carboxylic acids is 1. The molecule has 11 amide bonds. The topological polar surface area (TPSA) is 383 Å². The highest BCUT2D eigenvalue weighted by Crippen LogP contribution is 2.38. The van der Waals surface area contributed by atoms with Gasteiger partial charge in [-0.2, -0.15) is 0 Å². The van der Waals surface area contributed by atoms with Gasteiger partial charge in [-0.3, -0.25) is 87.9 Å². The van der Waals surface area contributed by atoms with Crippen LogP contribution >= 0.6 is 0 Å². The molecule has 8 aliphatic rings. The van der Waals surface area contributed by atoms with Gasteiger partial charge in [-0.15, -0.1) is 0 Å². The highest BCUT2D eigenvalue weighted by molar-refractivity contribution is 6.26. The molecule has 16 rings (SSSR count). The van der Waals surface area contributed by atoms with Crippen LogP contribution < -0.4 is 31.1 Å². The van der Waals surface area contributed by atoms with Crippen LogP contribution in [0.4, 0.5) is 17.1 Å². The van der Waals surface area contributed by atoms with E-state index in [0.29, 0.717) is 73.5 Å². The largest absolute Gasteiger partial charge is 0.481 e. The fraction of sp³-hybridized carbons (Fsp3) is 0.418. The molecule has 12 heterocycles. The molecule has 0 spiro atoms. The van der Waals surface area contributed by atoms with Crippen LogP contribution in [0.3, 0.4) is 0 Å². The second-order valence-corrected chi connectivity index (χ2v) is 29.4. The van der Waals surface area contributed by atoms with E-state index < -0.39 is 65.3 Å². The van der Waals surface area contributed by atoms with Crippen LogP contribution in [0, 0.1) is 0 Å². The summed E-state index contributed by atoms with van der Waals surface area (Å²) in [4.78, 5) is 189. The number of anilines is 3. The van der Waals surface area contributed by atoms with E-state index in [9.17, 15) is 57.5 Å². The van der Waals surface area contributed by atoms with Gasteiger partial charge in [0.2, 0.25) is 29.5 Å². The molecule has 2 aromatic carbocycles. The first-order valence-corrected chi connectivity index (χ1v) is 37.8. The minimum absolute atomic E-state index is 0.0154. The van der Waals surface area contributed by atoms with Crippen molar-refractivity contribution in [2.24, 2.45) is 0 Å². The number of hydrogen-bond acceptors (Lipinski definition) is 22. The summed E-state index contributed by atoms with van der Waals surface area (Å²) >= 11 is 0. The van der Waals surface area contributed by atoms with Crippen molar-refractivity contribution in [1.82, 2.24) is 79.5 Å². The number of fused-ring (bicyclic) bond motifs is 4. The van der Waals surface area contributed by atoms with E-state index in [4.69, 9.17) is 20.1 Å². The predicted octanol–water partition coefficient (Wildman–Crippen LogP) is 5.14. The molecule has 2 saturated carbocycles. The third-order valence-electron chi connectivity index (χ3n) is 21.7. The number of carbonyl (C=O) groups excluding carboxylic acids is 11. The Morgan fingerprint density at radius 2 is 1.00 bits per heavy atom. The Bertz CT molecular complexity index is 5030. The lowest BCUT2D eigenvalue weighted by Crippen LogP contribution is -2.54. The van der Waals surface area contributed by atoms with E-state index in [2.05, 4.69) is 67.3 Å². The lowest BCUT2D eigenvalue weighted by molar-refractivity contribution is -0.137. The van der Waals surface area contributed by atoms with E-state index in [1.165, 1.54) is 25.0 Å². The van der Waals surface area contributed by atoms with Crippen molar-refractivity contribution in [1.29, 1.82) is 0 Å². The fourth-order valence-corrected chi connectivity index (χ4v) is 16.0. The second-order valence-electron chi connectivity index (χ2n) is 29.4. The first-order chi connectivity index (χ1) is 53.6. The number of carbonyl (C=O) groups is 12. The van der Waals surface area contributed by atoms with Gasteiger partial charge in [0, 0.05) is 152 Å². The second kappa shape index (κ2) is 32.5. The number of pyridine rings is 2. The molecule has 4 saturated heterocycles. The molecule has 6 aliphatic heterocycles. The van der Waals surface area contributed by atoms with Crippen molar-refractivity contribution in [3.05, 3.63) is 160 Å². The van der Waals surface area contributed by atoms with Crippen LogP contribution in [-0.2, 0) is 48.0 Å². The van der Waals surface area contributed by atoms with Gasteiger partial charge in [-0.1, -0.05) is 43.9 Å². The normalized spacial score (nSPS) is 18.7. The lowest BCUT2D eigenvalue weighted by atomic mass is 9.99. The number of hydrogen-bond donors (Lipinski definition) is 5. The van der Waals surface area contributed by atoms with Crippen LogP contribution in [0.5, 0.6) is 0 Å². The number of aliphatic carboxylic acids is 1. The number of nitrogens with zero attached hydrogens (tertiary/aromatic N) is 15. The molecule has 2 aliphatic carbocycles. The van der Waals surface area contributed by atoms with Crippen molar-refractivity contribution < 1.29 is 62.6 Å². The molecule has 111 heavy (non-hydrogen) atoms. The lowest BCUT2D eigenvalue weighted by Gasteiger charge is -2.36. The number of nitrogens with one attached hydrogen (secondary N) is 4. The number of aromatic nitrogens is 8. The third-order valence-corrected chi connectivity index (χ3v) is 21.7. The van der Waals surface area contributed by atoms with Crippen LogP contribution in [0.1, 0.15) is 187 Å². The number of rotatable bonds is 18. The molecule has 0 bridgehead atoms. The number of carboxylic acid groups (broad SMARTS) is 1. The molecule has 8 aromatic rings. The Labute approximate surface area is 638 Å². The number of aryl methyl sites for hydroxylation is 1. The number of piperidine rings is 2. The van der Waals surface area contributed by atoms with Gasteiger partial charge < -0.3 is 49.4 Å². The highest BCUT2D eigenvalue weighted by Gasteiger charge is 2.47. The van der Waals surface area contributed by atoms with Gasteiger partial charge in [0.25, 0.3) is 35.4 Å². The van der Waals surface area contributed by atoms with Gasteiger partial charge in [-0.25, -0.2) is 19.9 Å². The maximum Gasteiger partial charge on any atom is 0.303 e. The van der Waals surface area contributed by atoms with Gasteiger partial charge in [-0.05, 0) is 105 Å². The molecular formula is C79H87N19O13. The molecule has 32 heteroatoms. The molecule has 5 N–H and O–H groups in total. The predicted molar refractivity (Wildman–Crippen MR) is 405 cm³/mol. The fourth-order valence-electron chi connectivity index (χ4n) is 16.0. The van der Waals surface area contributed by atoms with E-state index >= 15 is 0 Å². The average molecular weight is 1510 g/mol. The maximum absolute atomic E-state index is 13.4. The van der Waals surface area contributed by atoms with E-state index in [1.54, 1.807) is 73.4 Å². The number of piperazine rings is 2. The molecule has 2 atom stereocenters. The molecule has 576 valence electrons. The molecule has 6 fully saturated rings. The average Bonchev–Trinajstić information content (AvgIpc) is 1.56. The first-order valence-electron chi connectivity index (χ1n) is 37.8. The summed E-state index contributed by atoms with van der Waals surface area (Å²) in [5.41, 5.74) is 8.24. The summed E-state index contributed by atoms with van der Waals surface area (Å²) in [5, 5.41) is 21.3. The molecular weight excluding hydrogens is 1420 g/mol. The van der Waals surface area contributed by atoms with Gasteiger partial charge in [0.05, 0.1) is 65.4 Å². The van der Waals surface area contributed by atoms with Crippen molar-refractivity contribution in [3.8, 4) is 0 Å². The quantitative estimate of drug-likeness (QED) is 0.0694. The monoisotopic (exact) mass is 1510 g/mol. The summed E-state index contributed by atoms with van der Waals surface area (Å²) in [6, 6.07) is 19.9. The molecule has 2 unspecified atom stereocenters. The minimum Gasteiger partial charge on any atom is -0.481 e. The zero-order valence-corrected chi connectivity index (χ0v) is 62.3. The zero-order chi connectivity index (χ0) is 77.9. The summed E-state index contributed by atoms with van der Waals surface area (Å²) in [5.74, 6) is -4.49.